The highest BCUT2D eigenvalue weighted by Crippen LogP contribution is 2.51. The van der Waals surface area contributed by atoms with Crippen molar-refractivity contribution >= 4 is 5.91 Å². The summed E-state index contributed by atoms with van der Waals surface area (Å²) in [5.41, 5.74) is 0.206. The average Bonchev–Trinajstić information content (AvgIpc) is 2.85. The maximum absolute atomic E-state index is 11.9. The molecule has 0 radical (unpaired) electrons. The Morgan fingerprint density at radius 2 is 2.21 bits per heavy atom. The number of fused-ring (bicyclic) bond motifs is 1. The van der Waals surface area contributed by atoms with Gasteiger partial charge in [0.15, 0.2) is 0 Å². The first-order chi connectivity index (χ1) is 9.08. The zero-order chi connectivity index (χ0) is 13.5. The van der Waals surface area contributed by atoms with Crippen LogP contribution in [0.5, 0.6) is 0 Å². The van der Waals surface area contributed by atoms with Crippen LogP contribution < -0.4 is 5.32 Å². The van der Waals surface area contributed by atoms with E-state index < -0.39 is 0 Å². The number of carbonyl (C=O) groups excluding carboxylic acids is 1. The van der Waals surface area contributed by atoms with Crippen molar-refractivity contribution in [1.29, 1.82) is 0 Å². The minimum absolute atomic E-state index is 0.198. The molecule has 1 aromatic rings. The van der Waals surface area contributed by atoms with Crippen molar-refractivity contribution in [3.63, 3.8) is 0 Å². The highest BCUT2D eigenvalue weighted by atomic mass is 16.2. The van der Waals surface area contributed by atoms with Gasteiger partial charge in [-0.1, -0.05) is 13.8 Å². The molecular formula is C14H22N4O. The fourth-order valence-electron chi connectivity index (χ4n) is 2.89. The molecule has 0 saturated heterocycles. The maximum Gasteiger partial charge on any atom is 0.223 e. The maximum atomic E-state index is 11.9. The predicted molar refractivity (Wildman–Crippen MR) is 71.6 cm³/mol. The molecule has 104 valence electrons. The molecule has 0 aromatic carbocycles. The monoisotopic (exact) mass is 262 g/mol. The number of amides is 1. The molecule has 1 atom stereocenters. The van der Waals surface area contributed by atoms with Gasteiger partial charge in [0.2, 0.25) is 5.91 Å². The number of aryl methyl sites for hydroxylation is 1. The largest absolute Gasteiger partial charge is 0.355 e. The third kappa shape index (κ3) is 2.51. The molecule has 0 unspecified atom stereocenters. The van der Waals surface area contributed by atoms with E-state index in [9.17, 15) is 4.79 Å². The molecule has 1 aromatic heterocycles. The Hall–Kier alpha value is -1.39. The topological polar surface area (TPSA) is 59.8 Å². The van der Waals surface area contributed by atoms with Crippen molar-refractivity contribution in [3.8, 4) is 0 Å². The minimum Gasteiger partial charge on any atom is -0.355 e. The molecule has 2 aliphatic rings. The Bertz CT molecular complexity index is 492. The van der Waals surface area contributed by atoms with Gasteiger partial charge in [-0.25, -0.2) is 0 Å². The molecular weight excluding hydrogens is 240 g/mol. The minimum atomic E-state index is 0.198. The summed E-state index contributed by atoms with van der Waals surface area (Å²) in [7, 11) is 0. The summed E-state index contributed by atoms with van der Waals surface area (Å²) in [5.74, 6) is 2.53. The van der Waals surface area contributed by atoms with Crippen LogP contribution in [0.25, 0.3) is 0 Å². The molecule has 1 aliphatic carbocycles. The van der Waals surface area contributed by atoms with E-state index in [1.54, 1.807) is 0 Å². The molecule has 1 aliphatic heterocycles. The van der Waals surface area contributed by atoms with Gasteiger partial charge in [0.1, 0.15) is 11.6 Å². The first-order valence-electron chi connectivity index (χ1n) is 7.26. The van der Waals surface area contributed by atoms with E-state index in [1.165, 1.54) is 12.8 Å². The number of aromatic nitrogens is 3. The number of carbonyl (C=O) groups is 1. The molecule has 1 N–H and O–H groups in total. The molecule has 1 saturated carbocycles. The molecule has 0 bridgehead atoms. The molecule has 3 rings (SSSR count). The lowest BCUT2D eigenvalue weighted by atomic mass is 10.1. The third-order valence-corrected chi connectivity index (χ3v) is 4.41. The van der Waals surface area contributed by atoms with Crippen LogP contribution in [0, 0.1) is 11.3 Å². The van der Waals surface area contributed by atoms with Crippen LogP contribution in [-0.4, -0.2) is 27.2 Å². The summed E-state index contributed by atoms with van der Waals surface area (Å²) in [6, 6.07) is 0. The predicted octanol–water partition coefficient (Wildman–Crippen LogP) is 1.32. The van der Waals surface area contributed by atoms with E-state index in [0.717, 1.165) is 37.5 Å². The molecule has 1 amide bonds. The molecule has 5 nitrogen and oxygen atoms in total. The van der Waals surface area contributed by atoms with E-state index in [2.05, 4.69) is 33.9 Å². The smallest absolute Gasteiger partial charge is 0.223 e. The zero-order valence-electron chi connectivity index (χ0n) is 11.8. The van der Waals surface area contributed by atoms with E-state index in [0.29, 0.717) is 6.54 Å². The highest BCUT2D eigenvalue weighted by molar-refractivity contribution is 5.82. The number of hydrogen-bond acceptors (Lipinski definition) is 3. The van der Waals surface area contributed by atoms with Gasteiger partial charge in [-0.2, -0.15) is 0 Å². The van der Waals surface area contributed by atoms with Crippen molar-refractivity contribution in [2.75, 3.05) is 6.54 Å². The SMILES string of the molecule is CC1(C)C[C@@H]1C(=O)NCCc1nnc2n1CCCC2. The molecule has 2 heterocycles. The normalized spacial score (nSPS) is 23.8. The van der Waals surface area contributed by atoms with Gasteiger partial charge in [-0.3, -0.25) is 4.79 Å². The standard InChI is InChI=1S/C14H22N4O/c1-14(2)9-10(14)13(19)15-7-6-12-17-16-11-5-3-4-8-18(11)12/h10H,3-9H2,1-2H3,(H,15,19)/t10-/m1/s1. The first kappa shape index (κ1) is 12.6. The summed E-state index contributed by atoms with van der Waals surface area (Å²) < 4.78 is 2.22. The van der Waals surface area contributed by atoms with Gasteiger partial charge in [0, 0.05) is 31.8 Å². The Balaban J connectivity index is 1.50. The van der Waals surface area contributed by atoms with Gasteiger partial charge in [0.25, 0.3) is 0 Å². The lowest BCUT2D eigenvalue weighted by Crippen LogP contribution is -2.29. The number of hydrogen-bond donors (Lipinski definition) is 1. The first-order valence-corrected chi connectivity index (χ1v) is 7.26. The Morgan fingerprint density at radius 1 is 1.42 bits per heavy atom. The van der Waals surface area contributed by atoms with E-state index in [1.807, 2.05) is 0 Å². The van der Waals surface area contributed by atoms with Crippen LogP contribution in [-0.2, 0) is 24.2 Å². The van der Waals surface area contributed by atoms with Gasteiger partial charge < -0.3 is 9.88 Å². The van der Waals surface area contributed by atoms with Crippen molar-refractivity contribution in [1.82, 2.24) is 20.1 Å². The molecule has 1 fully saturated rings. The van der Waals surface area contributed by atoms with Crippen LogP contribution >= 0.6 is 0 Å². The van der Waals surface area contributed by atoms with Crippen LogP contribution in [0.2, 0.25) is 0 Å². The number of rotatable bonds is 4. The van der Waals surface area contributed by atoms with Gasteiger partial charge in [0.05, 0.1) is 0 Å². The summed E-state index contributed by atoms with van der Waals surface area (Å²) in [6.07, 6.45) is 5.26. The zero-order valence-corrected chi connectivity index (χ0v) is 11.8. The third-order valence-electron chi connectivity index (χ3n) is 4.41. The Kier molecular flexibility index (Phi) is 3.07. The number of nitrogens with one attached hydrogen (secondary N) is 1. The van der Waals surface area contributed by atoms with E-state index in [-0.39, 0.29) is 17.2 Å². The quantitative estimate of drug-likeness (QED) is 0.890. The lowest BCUT2D eigenvalue weighted by molar-refractivity contribution is -0.122. The molecule has 19 heavy (non-hydrogen) atoms. The van der Waals surface area contributed by atoms with Crippen molar-refractivity contribution in [2.24, 2.45) is 11.3 Å². The second-order valence-corrected chi connectivity index (χ2v) is 6.43. The Labute approximate surface area is 113 Å². The Morgan fingerprint density at radius 3 is 2.95 bits per heavy atom. The second kappa shape index (κ2) is 4.62. The van der Waals surface area contributed by atoms with Crippen LogP contribution in [0.4, 0.5) is 0 Å². The van der Waals surface area contributed by atoms with E-state index in [4.69, 9.17) is 0 Å². The van der Waals surface area contributed by atoms with Crippen LogP contribution in [0.3, 0.4) is 0 Å². The van der Waals surface area contributed by atoms with Crippen molar-refractivity contribution < 1.29 is 4.79 Å². The average molecular weight is 262 g/mol. The van der Waals surface area contributed by atoms with E-state index >= 15 is 0 Å². The molecule has 5 heteroatoms. The van der Waals surface area contributed by atoms with Gasteiger partial charge >= 0.3 is 0 Å². The summed E-state index contributed by atoms with van der Waals surface area (Å²) in [6.45, 7) is 5.99. The van der Waals surface area contributed by atoms with Gasteiger partial charge in [-0.05, 0) is 24.7 Å². The van der Waals surface area contributed by atoms with Gasteiger partial charge in [-0.15, -0.1) is 10.2 Å². The van der Waals surface area contributed by atoms with Crippen molar-refractivity contribution in [3.05, 3.63) is 11.6 Å². The fraction of sp³-hybridized carbons (Fsp3) is 0.786. The highest BCUT2D eigenvalue weighted by Gasteiger charge is 2.50. The number of nitrogens with zero attached hydrogens (tertiary/aromatic N) is 3. The van der Waals surface area contributed by atoms with Crippen LogP contribution in [0.1, 0.15) is 44.8 Å². The molecule has 0 spiro atoms. The van der Waals surface area contributed by atoms with Crippen LogP contribution in [0.15, 0.2) is 0 Å². The summed E-state index contributed by atoms with van der Waals surface area (Å²) in [5, 5.41) is 11.5. The van der Waals surface area contributed by atoms with Crippen molar-refractivity contribution in [2.45, 2.75) is 52.5 Å². The fourth-order valence-corrected chi connectivity index (χ4v) is 2.89. The second-order valence-electron chi connectivity index (χ2n) is 6.43. The lowest BCUT2D eigenvalue weighted by Gasteiger charge is -2.14. The summed E-state index contributed by atoms with van der Waals surface area (Å²) in [4.78, 5) is 11.9. The summed E-state index contributed by atoms with van der Waals surface area (Å²) >= 11 is 0.